The van der Waals surface area contributed by atoms with Crippen LogP contribution < -0.4 is 4.74 Å². The van der Waals surface area contributed by atoms with Gasteiger partial charge in [-0.25, -0.2) is 4.79 Å². The summed E-state index contributed by atoms with van der Waals surface area (Å²) in [6, 6.07) is 10.7. The van der Waals surface area contributed by atoms with E-state index in [1.54, 1.807) is 37.6 Å². The lowest BCUT2D eigenvalue weighted by Gasteiger charge is -2.07. The molecule has 0 aliphatic heterocycles. The first-order valence-corrected chi connectivity index (χ1v) is 7.59. The highest BCUT2D eigenvalue weighted by Gasteiger charge is 2.15. The molecule has 3 rings (SSSR count). The number of halogens is 2. The minimum absolute atomic E-state index is 0.235. The van der Waals surface area contributed by atoms with Gasteiger partial charge in [-0.2, -0.15) is 0 Å². The number of ether oxygens (including phenoxy) is 1. The summed E-state index contributed by atoms with van der Waals surface area (Å²) in [6.07, 6.45) is 1.62. The molecule has 6 heteroatoms. The molecule has 0 aliphatic carbocycles. The number of hydrogen-bond acceptors (Lipinski definition) is 2. The fourth-order valence-electron chi connectivity index (χ4n) is 2.54. The Morgan fingerprint density at radius 3 is 2.61 bits per heavy atom. The van der Waals surface area contributed by atoms with Crippen molar-refractivity contribution < 1.29 is 14.6 Å². The highest BCUT2D eigenvalue weighted by Crippen LogP contribution is 2.28. The third-order valence-electron chi connectivity index (χ3n) is 3.66. The van der Waals surface area contributed by atoms with E-state index in [0.29, 0.717) is 27.7 Å². The summed E-state index contributed by atoms with van der Waals surface area (Å²) in [5, 5.41) is 11.0. The number of methoxy groups -OCH3 is 1. The van der Waals surface area contributed by atoms with Crippen LogP contribution in [0.1, 0.15) is 15.9 Å². The molecule has 0 aliphatic rings. The fourth-order valence-corrected chi connectivity index (χ4v) is 2.86. The van der Waals surface area contributed by atoms with Crippen LogP contribution in [0.15, 0.2) is 42.6 Å². The van der Waals surface area contributed by atoms with Gasteiger partial charge in [0.25, 0.3) is 0 Å². The molecule has 118 valence electrons. The van der Waals surface area contributed by atoms with E-state index in [9.17, 15) is 9.90 Å². The Labute approximate surface area is 142 Å². The quantitative estimate of drug-likeness (QED) is 0.742. The average molecular weight is 350 g/mol. The van der Waals surface area contributed by atoms with Gasteiger partial charge in [-0.05, 0) is 35.9 Å². The number of carboxylic acid groups (broad SMARTS) is 1. The maximum absolute atomic E-state index is 11.5. The second-order valence-corrected chi connectivity index (χ2v) is 5.92. The molecule has 0 bridgehead atoms. The van der Waals surface area contributed by atoms with Gasteiger partial charge in [0.05, 0.1) is 22.7 Å². The van der Waals surface area contributed by atoms with Crippen LogP contribution in [0.4, 0.5) is 0 Å². The molecule has 0 unspecified atom stereocenters. The molecule has 0 atom stereocenters. The van der Waals surface area contributed by atoms with Gasteiger partial charge in [0.1, 0.15) is 5.75 Å². The molecule has 0 saturated heterocycles. The number of aromatic carboxylic acids is 1. The van der Waals surface area contributed by atoms with Crippen LogP contribution in [0, 0.1) is 0 Å². The van der Waals surface area contributed by atoms with Crippen molar-refractivity contribution in [2.24, 2.45) is 0 Å². The van der Waals surface area contributed by atoms with E-state index in [2.05, 4.69) is 0 Å². The number of rotatable bonds is 4. The molecular formula is C17H13Cl2NO3. The molecular weight excluding hydrogens is 337 g/mol. The molecule has 2 aromatic carbocycles. The normalized spacial score (nSPS) is 10.9. The van der Waals surface area contributed by atoms with E-state index in [4.69, 9.17) is 27.9 Å². The van der Waals surface area contributed by atoms with Gasteiger partial charge < -0.3 is 14.4 Å². The third-order valence-corrected chi connectivity index (χ3v) is 4.39. The van der Waals surface area contributed by atoms with Crippen molar-refractivity contribution >= 4 is 40.1 Å². The molecule has 23 heavy (non-hydrogen) atoms. The van der Waals surface area contributed by atoms with Crippen LogP contribution in [-0.4, -0.2) is 22.8 Å². The Bertz CT molecular complexity index is 902. The van der Waals surface area contributed by atoms with E-state index in [1.165, 1.54) is 0 Å². The Balaban J connectivity index is 2.10. The molecule has 0 saturated carbocycles. The number of fused-ring (bicyclic) bond motifs is 1. The van der Waals surface area contributed by atoms with Gasteiger partial charge in [-0.3, -0.25) is 0 Å². The smallest absolute Gasteiger partial charge is 0.337 e. The first-order valence-electron chi connectivity index (χ1n) is 6.83. The number of nitrogens with zero attached hydrogens (tertiary/aromatic N) is 1. The Hall–Kier alpha value is -2.17. The predicted octanol–water partition coefficient (Wildman–Crippen LogP) is 4.70. The first-order chi connectivity index (χ1) is 11.0. The Morgan fingerprint density at radius 1 is 1.17 bits per heavy atom. The van der Waals surface area contributed by atoms with E-state index in [1.807, 2.05) is 16.7 Å². The largest absolute Gasteiger partial charge is 0.497 e. The van der Waals surface area contributed by atoms with E-state index >= 15 is 0 Å². The summed E-state index contributed by atoms with van der Waals surface area (Å²) >= 11 is 12.0. The van der Waals surface area contributed by atoms with Crippen LogP contribution in [0.2, 0.25) is 10.0 Å². The van der Waals surface area contributed by atoms with E-state index in [0.717, 1.165) is 11.1 Å². The summed E-state index contributed by atoms with van der Waals surface area (Å²) < 4.78 is 7.05. The third kappa shape index (κ3) is 3.00. The van der Waals surface area contributed by atoms with E-state index in [-0.39, 0.29) is 5.56 Å². The second kappa shape index (κ2) is 6.14. The summed E-state index contributed by atoms with van der Waals surface area (Å²) in [7, 11) is 1.55. The highest BCUT2D eigenvalue weighted by atomic mass is 35.5. The number of benzene rings is 2. The van der Waals surface area contributed by atoms with Crippen molar-refractivity contribution in [1.82, 2.24) is 4.57 Å². The van der Waals surface area contributed by atoms with Gasteiger partial charge in [-0.1, -0.05) is 29.3 Å². The average Bonchev–Trinajstić information content (AvgIpc) is 2.89. The zero-order valence-electron chi connectivity index (χ0n) is 12.2. The standard InChI is InChI=1S/C17H13Cl2NO3/c1-23-11-3-5-16-12(7-11)13(17(21)22)9-20(16)8-10-2-4-14(18)15(19)6-10/h2-7,9H,8H2,1H3,(H,21,22). The minimum Gasteiger partial charge on any atom is -0.497 e. The van der Waals surface area contributed by atoms with Crippen LogP contribution in [0.3, 0.4) is 0 Å². The highest BCUT2D eigenvalue weighted by molar-refractivity contribution is 6.42. The lowest BCUT2D eigenvalue weighted by atomic mass is 10.1. The number of aromatic nitrogens is 1. The number of carbonyl (C=O) groups is 1. The van der Waals surface area contributed by atoms with Gasteiger partial charge in [-0.15, -0.1) is 0 Å². The lowest BCUT2D eigenvalue weighted by Crippen LogP contribution is -1.99. The Kier molecular flexibility index (Phi) is 4.20. The minimum atomic E-state index is -0.976. The second-order valence-electron chi connectivity index (χ2n) is 5.11. The van der Waals surface area contributed by atoms with Gasteiger partial charge >= 0.3 is 5.97 Å². The van der Waals surface area contributed by atoms with Crippen molar-refractivity contribution in [3.05, 3.63) is 63.8 Å². The molecule has 1 aromatic heterocycles. The zero-order valence-corrected chi connectivity index (χ0v) is 13.7. The number of carboxylic acids is 1. The van der Waals surface area contributed by atoms with Crippen molar-refractivity contribution in [1.29, 1.82) is 0 Å². The van der Waals surface area contributed by atoms with Crippen molar-refractivity contribution in [2.45, 2.75) is 6.54 Å². The molecule has 3 aromatic rings. The molecule has 0 radical (unpaired) electrons. The predicted molar refractivity (Wildman–Crippen MR) is 91.0 cm³/mol. The van der Waals surface area contributed by atoms with Crippen LogP contribution in [0.25, 0.3) is 10.9 Å². The summed E-state index contributed by atoms with van der Waals surface area (Å²) in [5.74, 6) is -0.358. The van der Waals surface area contributed by atoms with Crippen LogP contribution >= 0.6 is 23.2 Å². The van der Waals surface area contributed by atoms with E-state index < -0.39 is 5.97 Å². The van der Waals surface area contributed by atoms with Gasteiger partial charge in [0, 0.05) is 23.6 Å². The monoisotopic (exact) mass is 349 g/mol. The topological polar surface area (TPSA) is 51.5 Å². The molecule has 0 spiro atoms. The first kappa shape index (κ1) is 15.7. The summed E-state index contributed by atoms with van der Waals surface area (Å²) in [6.45, 7) is 0.493. The van der Waals surface area contributed by atoms with Crippen LogP contribution in [-0.2, 0) is 6.54 Å². The molecule has 0 fully saturated rings. The van der Waals surface area contributed by atoms with Crippen molar-refractivity contribution in [3.63, 3.8) is 0 Å². The maximum Gasteiger partial charge on any atom is 0.337 e. The molecule has 1 heterocycles. The SMILES string of the molecule is COc1ccc2c(c1)c(C(=O)O)cn2Cc1ccc(Cl)c(Cl)c1. The van der Waals surface area contributed by atoms with Crippen molar-refractivity contribution in [2.75, 3.05) is 7.11 Å². The fraction of sp³-hybridized carbons (Fsp3) is 0.118. The van der Waals surface area contributed by atoms with Gasteiger partial charge in [0.2, 0.25) is 0 Å². The molecule has 0 amide bonds. The summed E-state index contributed by atoms with van der Waals surface area (Å²) in [5.41, 5.74) is 1.98. The molecule has 1 N–H and O–H groups in total. The molecule has 4 nitrogen and oxygen atoms in total. The van der Waals surface area contributed by atoms with Crippen molar-refractivity contribution in [3.8, 4) is 5.75 Å². The Morgan fingerprint density at radius 2 is 1.96 bits per heavy atom. The maximum atomic E-state index is 11.5. The lowest BCUT2D eigenvalue weighted by molar-refractivity contribution is 0.0699. The number of hydrogen-bond donors (Lipinski definition) is 1. The van der Waals surface area contributed by atoms with Crippen LogP contribution in [0.5, 0.6) is 5.75 Å². The summed E-state index contributed by atoms with van der Waals surface area (Å²) in [4.78, 5) is 11.5. The van der Waals surface area contributed by atoms with Gasteiger partial charge in [0.15, 0.2) is 0 Å². The zero-order chi connectivity index (χ0) is 16.6.